The highest BCUT2D eigenvalue weighted by Gasteiger charge is 2.21. The molecule has 1 aromatic carbocycles. The lowest BCUT2D eigenvalue weighted by Crippen LogP contribution is -2.49. The average Bonchev–Trinajstić information content (AvgIpc) is 2.45. The zero-order valence-electron chi connectivity index (χ0n) is 12.2. The van der Waals surface area contributed by atoms with Gasteiger partial charge in [-0.25, -0.2) is 9.59 Å². The maximum Gasteiger partial charge on any atom is 0.335 e. The van der Waals surface area contributed by atoms with Crippen LogP contribution in [0, 0.1) is 0 Å². The molecule has 0 aromatic heterocycles. The third-order valence-corrected chi connectivity index (χ3v) is 3.60. The number of rotatable bonds is 6. The van der Waals surface area contributed by atoms with Crippen molar-refractivity contribution in [3.8, 4) is 0 Å². The summed E-state index contributed by atoms with van der Waals surface area (Å²) < 4.78 is 0. The second-order valence-electron chi connectivity index (χ2n) is 5.08. The molecule has 0 heterocycles. The molecule has 110 valence electrons. The number of carboxylic acid groups (broad SMARTS) is 1. The minimum atomic E-state index is -0.971. The molecule has 20 heavy (non-hydrogen) atoms. The van der Waals surface area contributed by atoms with E-state index in [1.165, 1.54) is 6.07 Å². The van der Waals surface area contributed by atoms with Crippen LogP contribution in [-0.2, 0) is 6.54 Å². The first kappa shape index (κ1) is 16.0. The van der Waals surface area contributed by atoms with Crippen molar-refractivity contribution in [2.24, 2.45) is 0 Å². The van der Waals surface area contributed by atoms with Crippen LogP contribution in [0.1, 0.15) is 49.5 Å². The van der Waals surface area contributed by atoms with Crippen LogP contribution in [0.15, 0.2) is 24.3 Å². The van der Waals surface area contributed by atoms with Gasteiger partial charge in [-0.3, -0.25) is 0 Å². The van der Waals surface area contributed by atoms with E-state index in [0.29, 0.717) is 6.54 Å². The summed E-state index contributed by atoms with van der Waals surface area (Å²) in [4.78, 5) is 22.7. The molecule has 0 aliphatic rings. The number of benzene rings is 1. The van der Waals surface area contributed by atoms with Crippen molar-refractivity contribution >= 4 is 12.0 Å². The molecule has 5 heteroatoms. The predicted octanol–water partition coefficient (Wildman–Crippen LogP) is 2.76. The average molecular weight is 278 g/mol. The van der Waals surface area contributed by atoms with E-state index < -0.39 is 5.97 Å². The summed E-state index contributed by atoms with van der Waals surface area (Å²) in [5, 5.41) is 14.6. The van der Waals surface area contributed by atoms with Crippen molar-refractivity contribution in [2.75, 3.05) is 0 Å². The molecule has 0 aliphatic heterocycles. The van der Waals surface area contributed by atoms with Gasteiger partial charge in [-0.1, -0.05) is 26.0 Å². The Labute approximate surface area is 119 Å². The van der Waals surface area contributed by atoms with E-state index >= 15 is 0 Å². The Morgan fingerprint density at radius 2 is 1.90 bits per heavy atom. The van der Waals surface area contributed by atoms with Crippen LogP contribution in [-0.4, -0.2) is 22.6 Å². The van der Waals surface area contributed by atoms with Gasteiger partial charge in [-0.15, -0.1) is 0 Å². The summed E-state index contributed by atoms with van der Waals surface area (Å²) in [5.74, 6) is -0.971. The van der Waals surface area contributed by atoms with Gasteiger partial charge < -0.3 is 15.7 Å². The number of urea groups is 1. The van der Waals surface area contributed by atoms with Crippen molar-refractivity contribution in [1.82, 2.24) is 10.6 Å². The molecule has 0 atom stereocenters. The van der Waals surface area contributed by atoms with E-state index in [-0.39, 0.29) is 17.1 Å². The van der Waals surface area contributed by atoms with E-state index in [4.69, 9.17) is 5.11 Å². The fourth-order valence-electron chi connectivity index (χ4n) is 1.74. The Bertz CT molecular complexity index is 482. The molecule has 0 aliphatic carbocycles. The van der Waals surface area contributed by atoms with Gasteiger partial charge >= 0.3 is 12.0 Å². The second kappa shape index (κ2) is 6.93. The number of hydrogen-bond donors (Lipinski definition) is 3. The van der Waals surface area contributed by atoms with Gasteiger partial charge in [0.25, 0.3) is 0 Å². The Morgan fingerprint density at radius 1 is 1.25 bits per heavy atom. The molecular formula is C15H22N2O3. The number of hydrogen-bond acceptors (Lipinski definition) is 2. The minimum Gasteiger partial charge on any atom is -0.478 e. The molecule has 0 fully saturated rings. The standard InChI is InChI=1S/C15H22N2O3/c1-4-15(3,5-2)17-14(20)16-10-11-7-6-8-12(9-11)13(18)19/h6-9H,4-5,10H2,1-3H3,(H,18,19)(H2,16,17,20). The van der Waals surface area contributed by atoms with Crippen molar-refractivity contribution < 1.29 is 14.7 Å². The molecule has 0 unspecified atom stereocenters. The molecule has 0 saturated heterocycles. The highest BCUT2D eigenvalue weighted by Crippen LogP contribution is 2.13. The summed E-state index contributed by atoms with van der Waals surface area (Å²) in [5.41, 5.74) is 0.763. The van der Waals surface area contributed by atoms with Crippen LogP contribution >= 0.6 is 0 Å². The van der Waals surface area contributed by atoms with Gasteiger partial charge in [0, 0.05) is 12.1 Å². The molecule has 1 rings (SSSR count). The zero-order chi connectivity index (χ0) is 15.2. The van der Waals surface area contributed by atoms with Crippen LogP contribution in [0.25, 0.3) is 0 Å². The SMILES string of the molecule is CCC(C)(CC)NC(=O)NCc1cccc(C(=O)O)c1. The topological polar surface area (TPSA) is 78.4 Å². The van der Waals surface area contributed by atoms with E-state index in [1.807, 2.05) is 20.8 Å². The smallest absolute Gasteiger partial charge is 0.335 e. The van der Waals surface area contributed by atoms with Gasteiger partial charge in [-0.05, 0) is 37.5 Å². The largest absolute Gasteiger partial charge is 0.478 e. The molecule has 0 radical (unpaired) electrons. The lowest BCUT2D eigenvalue weighted by atomic mass is 9.96. The normalized spacial score (nSPS) is 10.9. The predicted molar refractivity (Wildman–Crippen MR) is 77.8 cm³/mol. The number of carboxylic acids is 1. The van der Waals surface area contributed by atoms with E-state index in [0.717, 1.165) is 18.4 Å². The monoisotopic (exact) mass is 278 g/mol. The van der Waals surface area contributed by atoms with Crippen molar-refractivity contribution in [3.05, 3.63) is 35.4 Å². The first-order chi connectivity index (χ1) is 9.40. The van der Waals surface area contributed by atoms with Gasteiger partial charge in [-0.2, -0.15) is 0 Å². The van der Waals surface area contributed by atoms with E-state index in [1.54, 1.807) is 18.2 Å². The van der Waals surface area contributed by atoms with Crippen LogP contribution in [0.4, 0.5) is 4.79 Å². The number of amides is 2. The number of aromatic carboxylic acids is 1. The van der Waals surface area contributed by atoms with Crippen LogP contribution < -0.4 is 10.6 Å². The van der Waals surface area contributed by atoms with Crippen molar-refractivity contribution in [3.63, 3.8) is 0 Å². The molecular weight excluding hydrogens is 256 g/mol. The lowest BCUT2D eigenvalue weighted by molar-refractivity contribution is 0.0696. The molecule has 5 nitrogen and oxygen atoms in total. The molecule has 0 bridgehead atoms. The number of carbonyl (C=O) groups excluding carboxylic acids is 1. The summed E-state index contributed by atoms with van der Waals surface area (Å²) in [6.45, 7) is 6.36. The highest BCUT2D eigenvalue weighted by atomic mass is 16.4. The Morgan fingerprint density at radius 3 is 2.45 bits per heavy atom. The molecule has 2 amide bonds. The minimum absolute atomic E-state index is 0.215. The second-order valence-corrected chi connectivity index (χ2v) is 5.08. The number of carbonyl (C=O) groups is 2. The van der Waals surface area contributed by atoms with Crippen LogP contribution in [0.3, 0.4) is 0 Å². The van der Waals surface area contributed by atoms with Gasteiger partial charge in [0.05, 0.1) is 5.56 Å². The number of nitrogens with one attached hydrogen (secondary N) is 2. The fourth-order valence-corrected chi connectivity index (χ4v) is 1.74. The quantitative estimate of drug-likeness (QED) is 0.748. The summed E-state index contributed by atoms with van der Waals surface area (Å²) in [6, 6.07) is 6.29. The Balaban J connectivity index is 2.57. The molecule has 0 spiro atoms. The Hall–Kier alpha value is -2.04. The summed E-state index contributed by atoms with van der Waals surface area (Å²) in [7, 11) is 0. The molecule has 1 aromatic rings. The van der Waals surface area contributed by atoms with Gasteiger partial charge in [0.15, 0.2) is 0 Å². The van der Waals surface area contributed by atoms with Crippen molar-refractivity contribution in [1.29, 1.82) is 0 Å². The first-order valence-corrected chi connectivity index (χ1v) is 6.78. The van der Waals surface area contributed by atoms with Crippen LogP contribution in [0.5, 0.6) is 0 Å². The maximum absolute atomic E-state index is 11.8. The summed E-state index contributed by atoms with van der Waals surface area (Å²) in [6.07, 6.45) is 1.71. The first-order valence-electron chi connectivity index (χ1n) is 6.78. The molecule has 0 saturated carbocycles. The lowest BCUT2D eigenvalue weighted by Gasteiger charge is -2.28. The van der Waals surface area contributed by atoms with Crippen molar-refractivity contribution in [2.45, 2.75) is 45.7 Å². The van der Waals surface area contributed by atoms with E-state index in [9.17, 15) is 9.59 Å². The van der Waals surface area contributed by atoms with Crippen LogP contribution in [0.2, 0.25) is 0 Å². The third-order valence-electron chi connectivity index (χ3n) is 3.60. The zero-order valence-corrected chi connectivity index (χ0v) is 12.2. The molecule has 3 N–H and O–H groups in total. The van der Waals surface area contributed by atoms with Gasteiger partial charge in [0.2, 0.25) is 0 Å². The third kappa shape index (κ3) is 4.57. The maximum atomic E-state index is 11.8. The Kier molecular flexibility index (Phi) is 5.55. The van der Waals surface area contributed by atoms with E-state index in [2.05, 4.69) is 10.6 Å². The summed E-state index contributed by atoms with van der Waals surface area (Å²) >= 11 is 0. The fraction of sp³-hybridized carbons (Fsp3) is 0.467. The van der Waals surface area contributed by atoms with Gasteiger partial charge in [0.1, 0.15) is 0 Å². The highest BCUT2D eigenvalue weighted by molar-refractivity contribution is 5.87.